The number of fused-ring (bicyclic) bond motifs is 2. The molecule has 10 nitrogen and oxygen atoms in total. The van der Waals surface area contributed by atoms with Crippen LogP contribution in [0.5, 0.6) is 0 Å². The number of carbonyl (C=O) groups excluding carboxylic acids is 3. The van der Waals surface area contributed by atoms with Crippen LogP contribution in [0.25, 0.3) is 11.0 Å². The van der Waals surface area contributed by atoms with E-state index in [1.807, 2.05) is 28.7 Å². The molecule has 0 radical (unpaired) electrons. The zero-order valence-electron chi connectivity index (χ0n) is 22.3. The number of nitrogens with two attached hydrogens (primary N) is 1. The number of nitrogens with zero attached hydrogens (tertiary/aromatic N) is 5. The molecule has 2 aliphatic heterocycles. The lowest BCUT2D eigenvalue weighted by Crippen LogP contribution is -2.49. The first-order valence-corrected chi connectivity index (χ1v) is 13.9. The molecule has 0 unspecified atom stereocenters. The number of esters is 1. The van der Waals surface area contributed by atoms with Crippen LogP contribution < -0.4 is 10.6 Å². The molecule has 0 bridgehead atoms. The number of halogens is 3. The lowest BCUT2D eigenvalue weighted by atomic mass is 10.1. The van der Waals surface area contributed by atoms with Crippen LogP contribution in [-0.2, 0) is 27.4 Å². The average molecular weight is 666 g/mol. The van der Waals surface area contributed by atoms with Crippen LogP contribution in [0.2, 0.25) is 0 Å². The third-order valence-corrected chi connectivity index (χ3v) is 7.92. The average Bonchev–Trinajstić information content (AvgIpc) is 3.39. The number of aromatic nitrogens is 3. The monoisotopic (exact) mass is 666 g/mol. The highest BCUT2D eigenvalue weighted by Crippen LogP contribution is 2.32. The van der Waals surface area contributed by atoms with Crippen molar-refractivity contribution in [2.75, 3.05) is 18.0 Å². The van der Waals surface area contributed by atoms with Gasteiger partial charge in [0.15, 0.2) is 17.3 Å². The minimum absolute atomic E-state index is 0.0550. The Kier molecular flexibility index (Phi) is 7.44. The number of alkyl halides is 1. The second-order valence-corrected chi connectivity index (χ2v) is 12.2. The summed E-state index contributed by atoms with van der Waals surface area (Å²) in [5.74, 6) is -1.89. The van der Waals surface area contributed by atoms with Crippen molar-refractivity contribution in [3.8, 4) is 0 Å². The molecule has 5 rings (SSSR count). The number of carbonyl (C=O) groups is 3. The van der Waals surface area contributed by atoms with E-state index in [2.05, 4.69) is 10.1 Å². The molecule has 4 heterocycles. The lowest BCUT2D eigenvalue weighted by Gasteiger charge is -2.35. The van der Waals surface area contributed by atoms with E-state index >= 15 is 0 Å². The summed E-state index contributed by atoms with van der Waals surface area (Å²) in [6.45, 7) is 5.90. The smallest absolute Gasteiger partial charge is 0.306 e. The maximum atomic E-state index is 14.9. The van der Waals surface area contributed by atoms with Gasteiger partial charge >= 0.3 is 5.97 Å². The van der Waals surface area contributed by atoms with Gasteiger partial charge in [-0.25, -0.2) is 18.4 Å². The second-order valence-electron chi connectivity index (χ2n) is 11.1. The number of amides is 2. The Morgan fingerprint density at radius 1 is 1.27 bits per heavy atom. The number of anilines is 1. The van der Waals surface area contributed by atoms with Gasteiger partial charge in [-0.15, -0.1) is 0 Å². The van der Waals surface area contributed by atoms with E-state index in [4.69, 9.17) is 10.5 Å². The van der Waals surface area contributed by atoms with Gasteiger partial charge in [0, 0.05) is 18.5 Å². The van der Waals surface area contributed by atoms with E-state index in [0.717, 1.165) is 5.56 Å². The number of ether oxygens (including phenoxy) is 1. The number of pyridine rings is 1. The van der Waals surface area contributed by atoms with Crippen LogP contribution in [0.1, 0.15) is 55.1 Å². The Labute approximate surface area is 243 Å². The first-order chi connectivity index (χ1) is 18.8. The van der Waals surface area contributed by atoms with Gasteiger partial charge < -0.3 is 20.3 Å². The van der Waals surface area contributed by atoms with Crippen LogP contribution in [0.4, 0.5) is 14.6 Å². The molecule has 212 valence electrons. The van der Waals surface area contributed by atoms with Gasteiger partial charge in [-0.3, -0.25) is 14.4 Å². The van der Waals surface area contributed by atoms with Crippen LogP contribution >= 0.6 is 22.6 Å². The van der Waals surface area contributed by atoms with Gasteiger partial charge in [-0.1, -0.05) is 12.1 Å². The van der Waals surface area contributed by atoms with Gasteiger partial charge in [0.05, 0.1) is 34.8 Å². The predicted octanol–water partition coefficient (Wildman–Crippen LogP) is 3.31. The lowest BCUT2D eigenvalue weighted by molar-refractivity contribution is -0.155. The summed E-state index contributed by atoms with van der Waals surface area (Å²) >= 11 is 1.91. The highest BCUT2D eigenvalue weighted by atomic mass is 127. The molecule has 0 saturated carbocycles. The molecule has 40 heavy (non-hydrogen) atoms. The second kappa shape index (κ2) is 10.6. The molecule has 13 heteroatoms. The van der Waals surface area contributed by atoms with E-state index < -0.39 is 35.5 Å². The number of hydrogen-bond donors (Lipinski definition) is 1. The standard InChI is InChI=1S/C27H29F2IN6O4/c1-27(2,3)40-20(37)7-6-19(23(31)38)35-11-15-8-14(4-5-17(15)26(35)39)10-36-24-18(9-32-36)22(30)21(29)25(33-24)34-12-16(28)13-34/h4-5,8-9,16,19H,6-7,10-13H2,1-3H3,(H2,31,38)/t19-/m0/s1. The molecule has 2 N–H and O–H groups in total. The van der Waals surface area contributed by atoms with Crippen molar-refractivity contribution in [3.05, 3.63) is 50.5 Å². The number of benzene rings is 1. The third kappa shape index (κ3) is 5.47. The summed E-state index contributed by atoms with van der Waals surface area (Å²) < 4.78 is 35.7. The topological polar surface area (TPSA) is 124 Å². The third-order valence-electron chi connectivity index (χ3n) is 6.87. The zero-order chi connectivity index (χ0) is 28.9. The molecule has 0 aliphatic carbocycles. The van der Waals surface area contributed by atoms with E-state index in [1.165, 1.54) is 4.90 Å². The van der Waals surface area contributed by atoms with Crippen molar-refractivity contribution in [2.45, 2.75) is 64.5 Å². The molecular formula is C27H29F2IN6O4. The summed E-state index contributed by atoms with van der Waals surface area (Å²) in [5.41, 5.74) is 7.42. The fourth-order valence-electron chi connectivity index (χ4n) is 4.96. The maximum Gasteiger partial charge on any atom is 0.306 e. The van der Waals surface area contributed by atoms with Crippen LogP contribution in [0, 0.1) is 9.39 Å². The van der Waals surface area contributed by atoms with Gasteiger partial charge in [0.25, 0.3) is 5.91 Å². The van der Waals surface area contributed by atoms with E-state index in [-0.39, 0.29) is 44.2 Å². The van der Waals surface area contributed by atoms with Crippen molar-refractivity contribution in [3.63, 3.8) is 0 Å². The summed E-state index contributed by atoms with van der Waals surface area (Å²) in [6.07, 6.45) is 0.547. The van der Waals surface area contributed by atoms with E-state index in [0.29, 0.717) is 32.3 Å². The van der Waals surface area contributed by atoms with E-state index in [1.54, 1.807) is 48.7 Å². The molecule has 3 aromatic rings. The maximum absolute atomic E-state index is 14.9. The summed E-state index contributed by atoms with van der Waals surface area (Å²) in [5, 5.41) is 4.95. The van der Waals surface area contributed by atoms with Crippen molar-refractivity contribution in [2.24, 2.45) is 5.73 Å². The molecule has 2 amide bonds. The molecular weight excluding hydrogens is 637 g/mol. The minimum Gasteiger partial charge on any atom is -0.460 e. The molecule has 1 aromatic carbocycles. The highest BCUT2D eigenvalue weighted by molar-refractivity contribution is 14.1. The van der Waals surface area contributed by atoms with Crippen LogP contribution in [-0.4, -0.2) is 68.4 Å². The van der Waals surface area contributed by atoms with Gasteiger partial charge in [-0.2, -0.15) is 5.10 Å². The Morgan fingerprint density at radius 3 is 2.65 bits per heavy atom. The summed E-state index contributed by atoms with van der Waals surface area (Å²) in [7, 11) is 0. The molecule has 0 spiro atoms. The van der Waals surface area contributed by atoms with Crippen molar-refractivity contribution in [1.82, 2.24) is 19.7 Å². The normalized spacial score (nSPS) is 16.3. The van der Waals surface area contributed by atoms with Crippen molar-refractivity contribution >= 4 is 57.2 Å². The predicted molar refractivity (Wildman–Crippen MR) is 151 cm³/mol. The van der Waals surface area contributed by atoms with Gasteiger partial charge in [0.1, 0.15) is 17.8 Å². The minimum atomic E-state index is -1.00. The largest absolute Gasteiger partial charge is 0.460 e. The van der Waals surface area contributed by atoms with Gasteiger partial charge in [0.2, 0.25) is 5.91 Å². The zero-order valence-corrected chi connectivity index (χ0v) is 24.4. The number of rotatable bonds is 8. The quantitative estimate of drug-likeness (QED) is 0.289. The molecule has 1 saturated heterocycles. The highest BCUT2D eigenvalue weighted by Gasteiger charge is 2.36. The number of hydrogen-bond acceptors (Lipinski definition) is 7. The molecule has 1 atom stereocenters. The Morgan fingerprint density at radius 2 is 2.00 bits per heavy atom. The van der Waals surface area contributed by atoms with Crippen LogP contribution in [0.15, 0.2) is 24.4 Å². The summed E-state index contributed by atoms with van der Waals surface area (Å²) in [6, 6.07) is 4.36. The Hall–Kier alpha value is -3.36. The van der Waals surface area contributed by atoms with Crippen molar-refractivity contribution < 1.29 is 27.9 Å². The van der Waals surface area contributed by atoms with Gasteiger partial charge in [-0.05, 0) is 67.0 Å². The van der Waals surface area contributed by atoms with Crippen molar-refractivity contribution in [1.29, 1.82) is 0 Å². The molecule has 2 aliphatic rings. The fraction of sp³-hybridized carbons (Fsp3) is 0.444. The Bertz CT molecular complexity index is 1510. The van der Waals surface area contributed by atoms with E-state index in [9.17, 15) is 23.2 Å². The number of primary amides is 1. The first-order valence-electron chi connectivity index (χ1n) is 12.9. The molecule has 1 fully saturated rings. The molecule has 2 aromatic heterocycles. The first kappa shape index (κ1) is 28.2. The summed E-state index contributed by atoms with van der Waals surface area (Å²) in [4.78, 5) is 45.0. The Balaban J connectivity index is 1.34. The fourth-order valence-corrected chi connectivity index (χ4v) is 5.58. The SMILES string of the molecule is CC(C)(C)OC(=O)CC[C@@H](C(N)=O)N1Cc2cc(Cn3ncc4c(I)c(F)c(N5CC(F)C5)nc43)ccc2C1=O. The van der Waals surface area contributed by atoms with Crippen LogP contribution in [0.3, 0.4) is 0 Å².